The summed E-state index contributed by atoms with van der Waals surface area (Å²) in [5.41, 5.74) is 1.55. The minimum absolute atomic E-state index is 0.118. The smallest absolute Gasteiger partial charge is 0.262 e. The van der Waals surface area contributed by atoms with Crippen molar-refractivity contribution >= 4 is 23.6 Å². The Labute approximate surface area is 163 Å². The predicted molar refractivity (Wildman–Crippen MR) is 100 cm³/mol. The van der Waals surface area contributed by atoms with Crippen molar-refractivity contribution in [1.29, 1.82) is 0 Å². The van der Waals surface area contributed by atoms with E-state index < -0.39 is 23.8 Å². The summed E-state index contributed by atoms with van der Waals surface area (Å²) in [6.07, 6.45) is 1.38. The molecule has 2 saturated heterocycles. The molecular weight excluding hydrogens is 360 g/mol. The molecule has 3 aliphatic heterocycles. The number of carbonyl (C=O) groups is 4. The molecule has 4 rings (SSSR count). The van der Waals surface area contributed by atoms with E-state index >= 15 is 0 Å². The van der Waals surface area contributed by atoms with Gasteiger partial charge >= 0.3 is 0 Å². The van der Waals surface area contributed by atoms with E-state index in [2.05, 4.69) is 22.9 Å². The molecule has 0 radical (unpaired) electrons. The fourth-order valence-corrected chi connectivity index (χ4v) is 4.20. The minimum atomic E-state index is -0.929. The van der Waals surface area contributed by atoms with Crippen LogP contribution in [0, 0.1) is 5.92 Å². The number of carbonyl (C=O) groups excluding carboxylic acids is 4. The van der Waals surface area contributed by atoms with Gasteiger partial charge in [0.05, 0.1) is 11.1 Å². The number of hydrogen-bond acceptors (Lipinski definition) is 6. The van der Waals surface area contributed by atoms with Crippen molar-refractivity contribution in [3.05, 3.63) is 34.9 Å². The Balaban J connectivity index is 1.48. The van der Waals surface area contributed by atoms with E-state index in [-0.39, 0.29) is 18.7 Å². The Hall–Kier alpha value is -2.58. The van der Waals surface area contributed by atoms with Crippen LogP contribution >= 0.6 is 0 Å². The number of hydrogen-bond donors (Lipinski definition) is 3. The van der Waals surface area contributed by atoms with Crippen LogP contribution in [0.4, 0.5) is 0 Å². The Morgan fingerprint density at radius 2 is 1.89 bits per heavy atom. The largest absolute Gasteiger partial charge is 0.315 e. The molecule has 3 aliphatic rings. The number of fused-ring (bicyclic) bond motifs is 1. The van der Waals surface area contributed by atoms with Crippen molar-refractivity contribution in [3.8, 4) is 0 Å². The lowest BCUT2D eigenvalue weighted by molar-refractivity contribution is -0.136. The number of nitrogens with one attached hydrogen (secondary N) is 3. The first-order valence-electron chi connectivity index (χ1n) is 9.72. The van der Waals surface area contributed by atoms with Gasteiger partial charge in [0.25, 0.3) is 11.8 Å². The van der Waals surface area contributed by atoms with E-state index in [1.165, 1.54) is 0 Å². The first-order valence-corrected chi connectivity index (χ1v) is 9.72. The first-order chi connectivity index (χ1) is 13.4. The van der Waals surface area contributed by atoms with Gasteiger partial charge in [-0.1, -0.05) is 13.0 Å². The quantitative estimate of drug-likeness (QED) is 0.639. The Kier molecular flexibility index (Phi) is 4.99. The lowest BCUT2D eigenvalue weighted by Crippen LogP contribution is -2.54. The van der Waals surface area contributed by atoms with Crippen molar-refractivity contribution in [1.82, 2.24) is 20.9 Å². The molecule has 3 unspecified atom stereocenters. The van der Waals surface area contributed by atoms with Crippen LogP contribution in [0.15, 0.2) is 18.2 Å². The zero-order chi connectivity index (χ0) is 19.8. The SMILES string of the molecule is CC1CNCC(NCc2ccc3c(c2)C(=O)N(C2CCC(=O)NC2=O)C3=O)C1. The van der Waals surface area contributed by atoms with E-state index in [0.29, 0.717) is 29.6 Å². The zero-order valence-electron chi connectivity index (χ0n) is 15.8. The monoisotopic (exact) mass is 384 g/mol. The molecule has 4 amide bonds. The van der Waals surface area contributed by atoms with Crippen LogP contribution in [-0.4, -0.2) is 53.7 Å². The molecule has 1 aromatic carbocycles. The molecule has 1 aromatic rings. The normalized spacial score (nSPS) is 27.8. The zero-order valence-corrected chi connectivity index (χ0v) is 15.8. The van der Waals surface area contributed by atoms with Gasteiger partial charge < -0.3 is 10.6 Å². The predicted octanol–water partition coefficient (Wildman–Crippen LogP) is 0.175. The second-order valence-corrected chi connectivity index (χ2v) is 7.90. The van der Waals surface area contributed by atoms with Crippen LogP contribution in [0.3, 0.4) is 0 Å². The molecule has 0 saturated carbocycles. The van der Waals surface area contributed by atoms with Gasteiger partial charge in [-0.05, 0) is 43.0 Å². The standard InChI is InChI=1S/C20H24N4O4/c1-11-6-13(10-21-8-11)22-9-12-2-3-14-15(7-12)20(28)24(19(14)27)16-4-5-17(25)23-18(16)26/h2-3,7,11,13,16,21-22H,4-6,8-10H2,1H3,(H,23,25,26). The van der Waals surface area contributed by atoms with E-state index in [4.69, 9.17) is 0 Å². The average Bonchev–Trinajstić information content (AvgIpc) is 2.91. The van der Waals surface area contributed by atoms with Gasteiger partial charge in [-0.2, -0.15) is 0 Å². The summed E-state index contributed by atoms with van der Waals surface area (Å²) in [6, 6.07) is 4.66. The fourth-order valence-electron chi connectivity index (χ4n) is 4.20. The maximum absolute atomic E-state index is 12.8. The summed E-state index contributed by atoms with van der Waals surface area (Å²) < 4.78 is 0. The maximum atomic E-state index is 12.8. The van der Waals surface area contributed by atoms with Crippen LogP contribution in [0.25, 0.3) is 0 Å². The molecule has 28 heavy (non-hydrogen) atoms. The van der Waals surface area contributed by atoms with Crippen molar-refractivity contribution in [2.24, 2.45) is 5.92 Å². The van der Waals surface area contributed by atoms with E-state index in [1.54, 1.807) is 12.1 Å². The lowest BCUT2D eigenvalue weighted by Gasteiger charge is -2.28. The van der Waals surface area contributed by atoms with Crippen molar-refractivity contribution in [3.63, 3.8) is 0 Å². The summed E-state index contributed by atoms with van der Waals surface area (Å²) in [4.78, 5) is 50.0. The van der Waals surface area contributed by atoms with Crippen molar-refractivity contribution < 1.29 is 19.2 Å². The molecule has 2 fully saturated rings. The van der Waals surface area contributed by atoms with Crippen LogP contribution in [0.5, 0.6) is 0 Å². The summed E-state index contributed by atoms with van der Waals surface area (Å²) in [5.74, 6) is -1.29. The minimum Gasteiger partial charge on any atom is -0.315 e. The number of nitrogens with zero attached hydrogens (tertiary/aromatic N) is 1. The summed E-state index contributed by atoms with van der Waals surface area (Å²) in [5, 5.41) is 9.10. The Bertz CT molecular complexity index is 853. The Morgan fingerprint density at radius 1 is 1.11 bits per heavy atom. The maximum Gasteiger partial charge on any atom is 0.262 e. The highest BCUT2D eigenvalue weighted by Crippen LogP contribution is 2.28. The lowest BCUT2D eigenvalue weighted by atomic mass is 9.97. The molecule has 148 valence electrons. The number of rotatable bonds is 4. The van der Waals surface area contributed by atoms with E-state index in [1.807, 2.05) is 6.07 Å². The van der Waals surface area contributed by atoms with Crippen LogP contribution in [0.1, 0.15) is 52.5 Å². The van der Waals surface area contributed by atoms with Crippen LogP contribution < -0.4 is 16.0 Å². The van der Waals surface area contributed by atoms with Crippen molar-refractivity contribution in [2.75, 3.05) is 13.1 Å². The molecule has 8 heteroatoms. The highest BCUT2D eigenvalue weighted by Gasteiger charge is 2.44. The number of imide groups is 2. The molecule has 0 bridgehead atoms. The van der Waals surface area contributed by atoms with Gasteiger partial charge in [0.1, 0.15) is 6.04 Å². The number of benzene rings is 1. The Morgan fingerprint density at radius 3 is 2.64 bits per heavy atom. The second kappa shape index (κ2) is 7.44. The van der Waals surface area contributed by atoms with Gasteiger partial charge in [-0.15, -0.1) is 0 Å². The molecule has 3 N–H and O–H groups in total. The third-order valence-corrected chi connectivity index (χ3v) is 5.67. The molecule has 0 spiro atoms. The number of amides is 4. The average molecular weight is 384 g/mol. The van der Waals surface area contributed by atoms with E-state index in [0.717, 1.165) is 30.0 Å². The molecule has 0 aromatic heterocycles. The number of piperidine rings is 2. The van der Waals surface area contributed by atoms with Gasteiger partial charge in [0.2, 0.25) is 11.8 Å². The molecule has 3 atom stereocenters. The summed E-state index contributed by atoms with van der Waals surface area (Å²) in [6.45, 7) is 4.76. The molecule has 3 heterocycles. The van der Waals surface area contributed by atoms with Crippen LogP contribution in [-0.2, 0) is 16.1 Å². The van der Waals surface area contributed by atoms with Gasteiger partial charge in [-0.3, -0.25) is 29.4 Å². The highest BCUT2D eigenvalue weighted by atomic mass is 16.2. The second-order valence-electron chi connectivity index (χ2n) is 7.90. The molecule has 8 nitrogen and oxygen atoms in total. The van der Waals surface area contributed by atoms with E-state index in [9.17, 15) is 19.2 Å². The molecule has 0 aliphatic carbocycles. The fraction of sp³-hybridized carbons (Fsp3) is 0.500. The molecular formula is C20H24N4O4. The van der Waals surface area contributed by atoms with Gasteiger partial charge in [0, 0.05) is 25.6 Å². The highest BCUT2D eigenvalue weighted by molar-refractivity contribution is 6.23. The van der Waals surface area contributed by atoms with Gasteiger partial charge in [0.15, 0.2) is 0 Å². The van der Waals surface area contributed by atoms with Crippen molar-refractivity contribution in [2.45, 2.75) is 44.8 Å². The third kappa shape index (κ3) is 3.45. The topological polar surface area (TPSA) is 108 Å². The summed E-state index contributed by atoms with van der Waals surface area (Å²) in [7, 11) is 0. The third-order valence-electron chi connectivity index (χ3n) is 5.67. The van der Waals surface area contributed by atoms with Crippen LogP contribution in [0.2, 0.25) is 0 Å². The first kappa shape index (κ1) is 18.8. The summed E-state index contributed by atoms with van der Waals surface area (Å²) >= 11 is 0. The van der Waals surface area contributed by atoms with Gasteiger partial charge in [-0.25, -0.2) is 0 Å².